The molecule has 0 saturated carbocycles. The molecule has 0 radical (unpaired) electrons. The standard InChI is InChI=1S/C23H27N3O3S2/c1-28-18-7-8-21-20(16-18)24-23(31-21)26(10-4-9-25-11-13-29-14-12-25)22(27)17-5-3-6-19(15-17)30-2/h3,5-8,15-16H,4,9-14H2,1-2H3. The van der Waals surface area contributed by atoms with Gasteiger partial charge in [0.05, 0.1) is 30.5 Å². The highest BCUT2D eigenvalue weighted by Gasteiger charge is 2.22. The second-order valence-electron chi connectivity index (χ2n) is 7.33. The lowest BCUT2D eigenvalue weighted by Gasteiger charge is -2.27. The number of amides is 1. The van der Waals surface area contributed by atoms with Crippen molar-refractivity contribution in [3.8, 4) is 5.75 Å². The number of anilines is 1. The largest absolute Gasteiger partial charge is 0.497 e. The maximum Gasteiger partial charge on any atom is 0.260 e. The van der Waals surface area contributed by atoms with Crippen LogP contribution in [0.4, 0.5) is 5.13 Å². The molecule has 1 fully saturated rings. The number of ether oxygens (including phenoxy) is 2. The van der Waals surface area contributed by atoms with Crippen LogP contribution in [0.1, 0.15) is 16.8 Å². The Morgan fingerprint density at radius 2 is 2.10 bits per heavy atom. The Balaban J connectivity index is 1.58. The third-order valence-corrected chi connectivity index (χ3v) is 7.12. The van der Waals surface area contributed by atoms with Crippen molar-refractivity contribution in [2.24, 2.45) is 0 Å². The molecule has 164 valence electrons. The van der Waals surface area contributed by atoms with Crippen LogP contribution in [0.2, 0.25) is 0 Å². The van der Waals surface area contributed by atoms with Gasteiger partial charge in [-0.15, -0.1) is 11.8 Å². The summed E-state index contributed by atoms with van der Waals surface area (Å²) in [7, 11) is 1.65. The predicted octanol–water partition coefficient (Wildman–Crippen LogP) is 4.40. The van der Waals surface area contributed by atoms with E-state index in [-0.39, 0.29) is 5.91 Å². The van der Waals surface area contributed by atoms with Crippen molar-refractivity contribution >= 4 is 44.4 Å². The molecule has 1 amide bonds. The maximum absolute atomic E-state index is 13.5. The third kappa shape index (κ3) is 5.38. The molecule has 0 N–H and O–H groups in total. The second-order valence-corrected chi connectivity index (χ2v) is 9.22. The molecule has 2 heterocycles. The Kier molecular flexibility index (Phi) is 7.45. The highest BCUT2D eigenvalue weighted by atomic mass is 32.2. The fourth-order valence-electron chi connectivity index (χ4n) is 3.61. The molecule has 0 aliphatic carbocycles. The first-order chi connectivity index (χ1) is 15.2. The van der Waals surface area contributed by atoms with Crippen molar-refractivity contribution in [3.05, 3.63) is 48.0 Å². The van der Waals surface area contributed by atoms with Crippen molar-refractivity contribution in [1.82, 2.24) is 9.88 Å². The van der Waals surface area contributed by atoms with Crippen molar-refractivity contribution < 1.29 is 14.3 Å². The summed E-state index contributed by atoms with van der Waals surface area (Å²) in [6.07, 6.45) is 2.90. The Morgan fingerprint density at radius 1 is 1.26 bits per heavy atom. The number of carbonyl (C=O) groups is 1. The molecule has 0 unspecified atom stereocenters. The number of thiazole rings is 1. The van der Waals surface area contributed by atoms with Crippen LogP contribution in [-0.2, 0) is 4.74 Å². The van der Waals surface area contributed by atoms with Gasteiger partial charge in [0.2, 0.25) is 0 Å². The molecule has 8 heteroatoms. The van der Waals surface area contributed by atoms with E-state index >= 15 is 0 Å². The first-order valence-electron chi connectivity index (χ1n) is 10.4. The number of fused-ring (bicyclic) bond motifs is 1. The van der Waals surface area contributed by atoms with Crippen LogP contribution in [0.5, 0.6) is 5.75 Å². The molecule has 0 bridgehead atoms. The Bertz CT molecular complexity index is 1030. The molecular formula is C23H27N3O3S2. The normalized spacial score (nSPS) is 14.6. The molecule has 1 aliphatic heterocycles. The minimum atomic E-state index is -0.0103. The summed E-state index contributed by atoms with van der Waals surface area (Å²) in [6, 6.07) is 13.6. The summed E-state index contributed by atoms with van der Waals surface area (Å²) in [5.74, 6) is 0.756. The molecule has 31 heavy (non-hydrogen) atoms. The number of hydrogen-bond donors (Lipinski definition) is 0. The van der Waals surface area contributed by atoms with Gasteiger partial charge in [-0.1, -0.05) is 17.4 Å². The van der Waals surface area contributed by atoms with Crippen LogP contribution in [0.25, 0.3) is 10.2 Å². The van der Waals surface area contributed by atoms with Gasteiger partial charge in [0, 0.05) is 42.7 Å². The van der Waals surface area contributed by atoms with Crippen LogP contribution in [0, 0.1) is 0 Å². The molecule has 4 rings (SSSR count). The van der Waals surface area contributed by atoms with Crippen LogP contribution < -0.4 is 9.64 Å². The number of rotatable bonds is 8. The number of thioether (sulfide) groups is 1. The van der Waals surface area contributed by atoms with Gasteiger partial charge in [-0.3, -0.25) is 14.6 Å². The van der Waals surface area contributed by atoms with E-state index in [0.29, 0.717) is 12.1 Å². The highest BCUT2D eigenvalue weighted by Crippen LogP contribution is 2.32. The van der Waals surface area contributed by atoms with E-state index in [1.165, 1.54) is 0 Å². The first kappa shape index (κ1) is 22.1. The van der Waals surface area contributed by atoms with Gasteiger partial charge in [-0.2, -0.15) is 0 Å². The molecule has 3 aromatic rings. The summed E-state index contributed by atoms with van der Waals surface area (Å²) in [5.41, 5.74) is 1.54. The zero-order valence-corrected chi connectivity index (χ0v) is 19.5. The van der Waals surface area contributed by atoms with Gasteiger partial charge in [0.1, 0.15) is 5.75 Å². The minimum absolute atomic E-state index is 0.0103. The average molecular weight is 458 g/mol. The maximum atomic E-state index is 13.5. The summed E-state index contributed by atoms with van der Waals surface area (Å²) in [5, 5.41) is 0.727. The smallest absolute Gasteiger partial charge is 0.260 e. The molecule has 1 saturated heterocycles. The number of hydrogen-bond acceptors (Lipinski definition) is 7. The van der Waals surface area contributed by atoms with Crippen molar-refractivity contribution in [2.75, 3.05) is 57.7 Å². The van der Waals surface area contributed by atoms with Crippen LogP contribution in [-0.4, -0.2) is 68.5 Å². The number of nitrogens with zero attached hydrogens (tertiary/aromatic N) is 3. The molecular weight excluding hydrogens is 430 g/mol. The monoisotopic (exact) mass is 457 g/mol. The first-order valence-corrected chi connectivity index (χ1v) is 12.4. The number of methoxy groups -OCH3 is 1. The van der Waals surface area contributed by atoms with Gasteiger partial charge in [0.25, 0.3) is 5.91 Å². The Morgan fingerprint density at radius 3 is 2.87 bits per heavy atom. The average Bonchev–Trinajstić information content (AvgIpc) is 3.25. The Labute approximate surface area is 191 Å². The minimum Gasteiger partial charge on any atom is -0.497 e. The van der Waals surface area contributed by atoms with Crippen LogP contribution >= 0.6 is 23.1 Å². The van der Waals surface area contributed by atoms with Crippen molar-refractivity contribution in [2.45, 2.75) is 11.3 Å². The Hall–Kier alpha value is -2.13. The van der Waals surface area contributed by atoms with E-state index in [1.54, 1.807) is 30.2 Å². The number of morpholine rings is 1. The van der Waals surface area contributed by atoms with E-state index in [1.807, 2.05) is 53.6 Å². The summed E-state index contributed by atoms with van der Waals surface area (Å²) in [4.78, 5) is 23.6. The van der Waals surface area contributed by atoms with E-state index < -0.39 is 0 Å². The zero-order chi connectivity index (χ0) is 21.6. The zero-order valence-electron chi connectivity index (χ0n) is 17.9. The molecule has 1 aromatic heterocycles. The highest BCUT2D eigenvalue weighted by molar-refractivity contribution is 7.98. The number of aromatic nitrogens is 1. The summed E-state index contributed by atoms with van der Waals surface area (Å²) < 4.78 is 11.8. The molecule has 0 spiro atoms. The lowest BCUT2D eigenvalue weighted by Crippen LogP contribution is -2.39. The van der Waals surface area contributed by atoms with E-state index in [9.17, 15) is 4.79 Å². The van der Waals surface area contributed by atoms with Crippen molar-refractivity contribution in [1.29, 1.82) is 0 Å². The van der Waals surface area contributed by atoms with Gasteiger partial charge < -0.3 is 9.47 Å². The third-order valence-electron chi connectivity index (χ3n) is 5.34. The lowest BCUT2D eigenvalue weighted by atomic mass is 10.2. The van der Waals surface area contributed by atoms with Crippen LogP contribution in [0.15, 0.2) is 47.4 Å². The number of benzene rings is 2. The molecule has 0 atom stereocenters. The number of carbonyl (C=O) groups excluding carboxylic acids is 1. The van der Waals surface area contributed by atoms with E-state index in [0.717, 1.165) is 65.3 Å². The van der Waals surface area contributed by atoms with E-state index in [4.69, 9.17) is 14.5 Å². The quantitative estimate of drug-likeness (QED) is 0.468. The van der Waals surface area contributed by atoms with Gasteiger partial charge in [0.15, 0.2) is 5.13 Å². The molecule has 6 nitrogen and oxygen atoms in total. The topological polar surface area (TPSA) is 54.9 Å². The summed E-state index contributed by atoms with van der Waals surface area (Å²) >= 11 is 3.18. The van der Waals surface area contributed by atoms with E-state index in [2.05, 4.69) is 4.90 Å². The fourth-order valence-corrected chi connectivity index (χ4v) is 5.04. The predicted molar refractivity (Wildman–Crippen MR) is 128 cm³/mol. The van der Waals surface area contributed by atoms with Gasteiger partial charge in [-0.25, -0.2) is 4.98 Å². The van der Waals surface area contributed by atoms with Gasteiger partial charge >= 0.3 is 0 Å². The van der Waals surface area contributed by atoms with Crippen LogP contribution in [0.3, 0.4) is 0 Å². The molecule has 2 aromatic carbocycles. The summed E-state index contributed by atoms with van der Waals surface area (Å²) in [6.45, 7) is 5.02. The molecule has 1 aliphatic rings. The SMILES string of the molecule is COc1ccc2sc(N(CCCN3CCOCC3)C(=O)c3cccc(SC)c3)nc2c1. The second kappa shape index (κ2) is 10.5. The lowest BCUT2D eigenvalue weighted by molar-refractivity contribution is 0.0376. The van der Waals surface area contributed by atoms with Gasteiger partial charge in [-0.05, 0) is 43.0 Å². The van der Waals surface area contributed by atoms with Crippen molar-refractivity contribution in [3.63, 3.8) is 0 Å². The fraction of sp³-hybridized carbons (Fsp3) is 0.391.